The van der Waals surface area contributed by atoms with E-state index >= 15 is 0 Å². The van der Waals surface area contributed by atoms with Crippen LogP contribution in [0.3, 0.4) is 0 Å². The maximum atomic E-state index is 12.1. The number of carbonyl (C=O) groups is 2. The minimum atomic E-state index is -0.814. The highest BCUT2D eigenvalue weighted by Crippen LogP contribution is 2.56. The Morgan fingerprint density at radius 2 is 1.82 bits per heavy atom. The molecule has 1 aliphatic carbocycles. The number of carboxylic acids is 1. The molecule has 0 aromatic carbocycles. The number of hydrogen-bond acceptors (Lipinski definition) is 2. The fourth-order valence-corrected chi connectivity index (χ4v) is 2.73. The minimum absolute atomic E-state index is 0.0185. The van der Waals surface area contributed by atoms with Crippen molar-refractivity contribution in [1.82, 2.24) is 5.32 Å². The van der Waals surface area contributed by atoms with Gasteiger partial charge in [-0.25, -0.2) is 0 Å². The zero-order valence-corrected chi connectivity index (χ0v) is 11.3. The second-order valence-corrected chi connectivity index (χ2v) is 6.11. The van der Waals surface area contributed by atoms with E-state index in [4.69, 9.17) is 0 Å². The molecule has 1 rings (SSSR count). The van der Waals surface area contributed by atoms with Gasteiger partial charge < -0.3 is 10.4 Å². The van der Waals surface area contributed by atoms with Crippen molar-refractivity contribution in [3.05, 3.63) is 0 Å². The second kappa shape index (κ2) is 4.31. The lowest BCUT2D eigenvalue weighted by molar-refractivity contribution is -0.155. The molecule has 0 radical (unpaired) electrons. The molecule has 1 aliphatic rings. The summed E-state index contributed by atoms with van der Waals surface area (Å²) >= 11 is 0. The quantitative estimate of drug-likeness (QED) is 0.794. The van der Waals surface area contributed by atoms with Crippen LogP contribution in [-0.2, 0) is 9.59 Å². The first-order valence-corrected chi connectivity index (χ1v) is 6.16. The first-order valence-electron chi connectivity index (χ1n) is 6.16. The fraction of sp³-hybridized carbons (Fsp3) is 0.846. The zero-order chi connectivity index (χ0) is 13.4. The number of hydrogen-bond donors (Lipinski definition) is 2. The highest BCUT2D eigenvalue weighted by molar-refractivity contribution is 5.84. The summed E-state index contributed by atoms with van der Waals surface area (Å²) in [5, 5.41) is 12.2. The number of amides is 1. The smallest absolute Gasteiger partial charge is 0.309 e. The molecule has 0 aliphatic heterocycles. The fourth-order valence-electron chi connectivity index (χ4n) is 2.73. The SMILES string of the molecule is CC(C)NC(=O)[C@@H]1CC[C@](C)(C(=O)O)C1(C)C. The molecule has 0 aromatic heterocycles. The van der Waals surface area contributed by atoms with Gasteiger partial charge in [0.2, 0.25) is 5.91 Å². The van der Waals surface area contributed by atoms with E-state index in [2.05, 4.69) is 5.32 Å². The second-order valence-electron chi connectivity index (χ2n) is 6.11. The van der Waals surface area contributed by atoms with Gasteiger partial charge in [-0.15, -0.1) is 0 Å². The van der Waals surface area contributed by atoms with Crippen LogP contribution < -0.4 is 5.32 Å². The average molecular weight is 241 g/mol. The number of rotatable bonds is 3. The Hall–Kier alpha value is -1.06. The summed E-state index contributed by atoms with van der Waals surface area (Å²) in [6.45, 7) is 9.35. The molecular formula is C13H23NO3. The van der Waals surface area contributed by atoms with Gasteiger partial charge in [-0.2, -0.15) is 0 Å². The van der Waals surface area contributed by atoms with Crippen LogP contribution in [-0.4, -0.2) is 23.0 Å². The van der Waals surface area contributed by atoms with E-state index in [-0.39, 0.29) is 17.9 Å². The Morgan fingerprint density at radius 3 is 2.18 bits per heavy atom. The van der Waals surface area contributed by atoms with E-state index in [1.54, 1.807) is 6.92 Å². The van der Waals surface area contributed by atoms with Gasteiger partial charge in [0.25, 0.3) is 0 Å². The third kappa shape index (κ3) is 2.17. The van der Waals surface area contributed by atoms with Crippen LogP contribution in [0.1, 0.15) is 47.5 Å². The maximum Gasteiger partial charge on any atom is 0.309 e. The van der Waals surface area contributed by atoms with Gasteiger partial charge in [0.1, 0.15) is 0 Å². The average Bonchev–Trinajstić information content (AvgIpc) is 2.38. The van der Waals surface area contributed by atoms with Crippen LogP contribution in [0.25, 0.3) is 0 Å². The lowest BCUT2D eigenvalue weighted by atomic mass is 9.65. The van der Waals surface area contributed by atoms with Crippen molar-refractivity contribution in [3.63, 3.8) is 0 Å². The van der Waals surface area contributed by atoms with Crippen LogP contribution in [0.15, 0.2) is 0 Å². The van der Waals surface area contributed by atoms with Crippen LogP contribution in [0.5, 0.6) is 0 Å². The van der Waals surface area contributed by atoms with Crippen molar-refractivity contribution >= 4 is 11.9 Å². The highest BCUT2D eigenvalue weighted by Gasteiger charge is 2.58. The number of carboxylic acid groups (broad SMARTS) is 1. The topological polar surface area (TPSA) is 66.4 Å². The molecule has 0 saturated heterocycles. The first kappa shape index (κ1) is 14.0. The highest BCUT2D eigenvalue weighted by atomic mass is 16.4. The van der Waals surface area contributed by atoms with E-state index in [0.717, 1.165) is 0 Å². The Kier molecular flexibility index (Phi) is 3.55. The standard InChI is InChI=1S/C13H23NO3/c1-8(2)14-10(15)9-6-7-13(5,11(16)17)12(9,3)4/h8-9H,6-7H2,1-5H3,(H,14,15)(H,16,17)/t9-,13+/m0/s1. The molecular weight excluding hydrogens is 218 g/mol. The van der Waals surface area contributed by atoms with Crippen molar-refractivity contribution in [2.45, 2.75) is 53.5 Å². The normalized spacial score (nSPS) is 31.5. The predicted octanol–water partition coefficient (Wildman–Crippen LogP) is 2.04. The molecule has 0 spiro atoms. The first-order chi connectivity index (χ1) is 7.63. The van der Waals surface area contributed by atoms with Gasteiger partial charge in [0.15, 0.2) is 0 Å². The number of carbonyl (C=O) groups excluding carboxylic acids is 1. The maximum absolute atomic E-state index is 12.1. The van der Waals surface area contributed by atoms with E-state index in [1.807, 2.05) is 27.7 Å². The Bertz CT molecular complexity index is 336. The van der Waals surface area contributed by atoms with E-state index in [0.29, 0.717) is 12.8 Å². The van der Waals surface area contributed by atoms with Gasteiger partial charge >= 0.3 is 5.97 Å². The summed E-state index contributed by atoms with van der Waals surface area (Å²) in [5.74, 6) is -1.04. The monoisotopic (exact) mass is 241 g/mol. The third-order valence-electron chi connectivity index (χ3n) is 4.45. The predicted molar refractivity (Wildman–Crippen MR) is 65.5 cm³/mol. The number of aliphatic carboxylic acids is 1. The van der Waals surface area contributed by atoms with E-state index < -0.39 is 16.8 Å². The molecule has 0 heterocycles. The summed E-state index contributed by atoms with van der Waals surface area (Å²) < 4.78 is 0. The van der Waals surface area contributed by atoms with Crippen LogP contribution in [0.2, 0.25) is 0 Å². The lowest BCUT2D eigenvalue weighted by Gasteiger charge is -2.38. The van der Waals surface area contributed by atoms with Gasteiger partial charge in [0.05, 0.1) is 5.41 Å². The van der Waals surface area contributed by atoms with Crippen LogP contribution in [0, 0.1) is 16.7 Å². The minimum Gasteiger partial charge on any atom is -0.481 e. The van der Waals surface area contributed by atoms with Crippen molar-refractivity contribution < 1.29 is 14.7 Å². The van der Waals surface area contributed by atoms with Crippen molar-refractivity contribution in [1.29, 1.82) is 0 Å². The van der Waals surface area contributed by atoms with Gasteiger partial charge in [-0.1, -0.05) is 13.8 Å². The van der Waals surface area contributed by atoms with Crippen LogP contribution >= 0.6 is 0 Å². The molecule has 0 aromatic rings. The molecule has 1 fully saturated rings. The molecule has 2 N–H and O–H groups in total. The van der Waals surface area contributed by atoms with Crippen molar-refractivity contribution in [2.75, 3.05) is 0 Å². The van der Waals surface area contributed by atoms with Crippen LogP contribution in [0.4, 0.5) is 0 Å². The van der Waals surface area contributed by atoms with E-state index in [1.165, 1.54) is 0 Å². The van der Waals surface area contributed by atoms with Gasteiger partial charge in [-0.3, -0.25) is 9.59 Å². The molecule has 1 saturated carbocycles. The Balaban J connectivity index is 2.93. The molecule has 17 heavy (non-hydrogen) atoms. The number of nitrogens with one attached hydrogen (secondary N) is 1. The third-order valence-corrected chi connectivity index (χ3v) is 4.45. The van der Waals surface area contributed by atoms with Gasteiger partial charge in [-0.05, 0) is 39.0 Å². The van der Waals surface area contributed by atoms with E-state index in [9.17, 15) is 14.7 Å². The summed E-state index contributed by atoms with van der Waals surface area (Å²) in [6, 6.07) is 0.0926. The summed E-state index contributed by atoms with van der Waals surface area (Å²) in [6.07, 6.45) is 1.21. The molecule has 1 amide bonds. The molecule has 0 bridgehead atoms. The Morgan fingerprint density at radius 1 is 1.29 bits per heavy atom. The molecule has 2 atom stereocenters. The molecule has 98 valence electrons. The largest absolute Gasteiger partial charge is 0.481 e. The van der Waals surface area contributed by atoms with Gasteiger partial charge in [0, 0.05) is 12.0 Å². The summed E-state index contributed by atoms with van der Waals surface area (Å²) in [7, 11) is 0. The Labute approximate surface area is 103 Å². The van der Waals surface area contributed by atoms with Crippen molar-refractivity contribution in [2.24, 2.45) is 16.7 Å². The molecule has 4 heteroatoms. The molecule has 4 nitrogen and oxygen atoms in total. The zero-order valence-electron chi connectivity index (χ0n) is 11.3. The van der Waals surface area contributed by atoms with Crippen molar-refractivity contribution in [3.8, 4) is 0 Å². The molecule has 0 unspecified atom stereocenters. The summed E-state index contributed by atoms with van der Waals surface area (Å²) in [4.78, 5) is 23.5. The summed E-state index contributed by atoms with van der Waals surface area (Å²) in [5.41, 5.74) is -1.33. The lowest BCUT2D eigenvalue weighted by Crippen LogP contribution is -2.46.